The molecule has 1 atom stereocenters. The van der Waals surface area contributed by atoms with E-state index in [4.69, 9.17) is 4.74 Å². The average Bonchev–Trinajstić information content (AvgIpc) is 3.27. The number of rotatable bonds is 3. The minimum atomic E-state index is -0.0476. The number of fused-ring (bicyclic) bond motifs is 1. The topological polar surface area (TPSA) is 78.5 Å². The molecule has 1 aromatic carbocycles. The number of H-pyrrole nitrogens is 1. The predicted octanol–water partition coefficient (Wildman–Crippen LogP) is 2.04. The van der Waals surface area contributed by atoms with Gasteiger partial charge in [-0.1, -0.05) is 18.2 Å². The van der Waals surface area contributed by atoms with E-state index in [-0.39, 0.29) is 24.3 Å². The number of aliphatic hydroxyl groups is 1. The molecule has 1 unspecified atom stereocenters. The Labute approximate surface area is 140 Å². The Morgan fingerprint density at radius 2 is 2.12 bits per heavy atom. The lowest BCUT2D eigenvalue weighted by atomic mass is 9.93. The lowest BCUT2D eigenvalue weighted by Crippen LogP contribution is -2.31. The molecular formula is C18H21N3O3. The summed E-state index contributed by atoms with van der Waals surface area (Å²) in [5, 5.41) is 16.8. The van der Waals surface area contributed by atoms with Gasteiger partial charge in [0.1, 0.15) is 0 Å². The Hall–Kier alpha value is -2.18. The number of hydrogen-bond acceptors (Lipinski definition) is 4. The number of aromatic nitrogens is 2. The number of amides is 1. The van der Waals surface area contributed by atoms with Crippen LogP contribution in [0, 0.1) is 0 Å². The van der Waals surface area contributed by atoms with Crippen molar-refractivity contribution in [2.45, 2.75) is 24.7 Å². The third-order valence-corrected chi connectivity index (χ3v) is 5.06. The lowest BCUT2D eigenvalue weighted by Gasteiger charge is -2.23. The smallest absolute Gasteiger partial charge is 0.261 e. The molecule has 0 radical (unpaired) electrons. The van der Waals surface area contributed by atoms with Crippen molar-refractivity contribution >= 4 is 11.6 Å². The van der Waals surface area contributed by atoms with Crippen LogP contribution in [0.25, 0.3) is 0 Å². The van der Waals surface area contributed by atoms with Crippen molar-refractivity contribution in [3.8, 4) is 0 Å². The summed E-state index contributed by atoms with van der Waals surface area (Å²) in [7, 11) is 0. The first-order valence-corrected chi connectivity index (χ1v) is 8.42. The van der Waals surface area contributed by atoms with E-state index in [2.05, 4.69) is 10.2 Å². The highest BCUT2D eigenvalue weighted by molar-refractivity contribution is 6.08. The first-order valence-electron chi connectivity index (χ1n) is 8.42. The number of anilines is 1. The van der Waals surface area contributed by atoms with E-state index in [0.717, 1.165) is 43.0 Å². The second-order valence-corrected chi connectivity index (χ2v) is 6.44. The number of hydrogen-bond donors (Lipinski definition) is 2. The molecule has 6 heteroatoms. The summed E-state index contributed by atoms with van der Waals surface area (Å²) < 4.78 is 5.42. The number of aromatic amines is 1. The van der Waals surface area contributed by atoms with Crippen LogP contribution in [0.15, 0.2) is 30.5 Å². The Balaban J connectivity index is 1.65. The second kappa shape index (κ2) is 6.37. The van der Waals surface area contributed by atoms with Gasteiger partial charge in [-0.3, -0.25) is 9.89 Å². The van der Waals surface area contributed by atoms with Gasteiger partial charge in [0.25, 0.3) is 5.91 Å². The maximum absolute atomic E-state index is 13.1. The summed E-state index contributed by atoms with van der Waals surface area (Å²) >= 11 is 0. The van der Waals surface area contributed by atoms with Gasteiger partial charge in [-0.2, -0.15) is 5.10 Å². The van der Waals surface area contributed by atoms with Crippen LogP contribution in [-0.2, 0) is 4.74 Å². The van der Waals surface area contributed by atoms with E-state index < -0.39 is 0 Å². The summed E-state index contributed by atoms with van der Waals surface area (Å²) in [5.41, 5.74) is 3.47. The normalized spacial score (nSPS) is 21.0. The SMILES string of the molecule is O=C(c1cn[nH]c1C1CCOCC1)N1CC(CO)c2ccccc21. The molecule has 0 saturated carbocycles. The molecule has 1 aromatic heterocycles. The van der Waals surface area contributed by atoms with Crippen LogP contribution in [0.5, 0.6) is 0 Å². The summed E-state index contributed by atoms with van der Waals surface area (Å²) in [5.74, 6) is 0.212. The minimum Gasteiger partial charge on any atom is -0.396 e. The standard InChI is InChI=1S/C18H21N3O3/c22-11-13-10-21(16-4-2-1-3-14(13)16)18(23)15-9-19-20-17(15)12-5-7-24-8-6-12/h1-4,9,12-13,22H,5-8,10-11H2,(H,19,20). The molecule has 2 aliphatic heterocycles. The number of aliphatic hydroxyl groups excluding tert-OH is 1. The molecule has 1 amide bonds. The molecule has 0 bridgehead atoms. The summed E-state index contributed by atoms with van der Waals surface area (Å²) in [6, 6.07) is 7.80. The van der Waals surface area contributed by atoms with Crippen molar-refractivity contribution in [2.24, 2.45) is 0 Å². The van der Waals surface area contributed by atoms with E-state index in [1.54, 1.807) is 11.1 Å². The number of nitrogens with one attached hydrogen (secondary N) is 1. The van der Waals surface area contributed by atoms with Crippen LogP contribution < -0.4 is 4.90 Å². The van der Waals surface area contributed by atoms with Crippen molar-refractivity contribution in [1.29, 1.82) is 0 Å². The van der Waals surface area contributed by atoms with Gasteiger partial charge in [0.15, 0.2) is 0 Å². The number of para-hydroxylation sites is 1. The maximum Gasteiger partial charge on any atom is 0.261 e. The molecule has 6 nitrogen and oxygen atoms in total. The molecule has 126 valence electrons. The lowest BCUT2D eigenvalue weighted by molar-refractivity contribution is 0.0836. The van der Waals surface area contributed by atoms with Gasteiger partial charge in [-0.05, 0) is 24.5 Å². The second-order valence-electron chi connectivity index (χ2n) is 6.44. The van der Waals surface area contributed by atoms with Crippen LogP contribution in [-0.4, -0.2) is 47.6 Å². The van der Waals surface area contributed by atoms with Crippen LogP contribution in [0.1, 0.15) is 46.3 Å². The highest BCUT2D eigenvalue weighted by Crippen LogP contribution is 2.37. The van der Waals surface area contributed by atoms with Crippen LogP contribution in [0.3, 0.4) is 0 Å². The third kappa shape index (κ3) is 2.52. The molecule has 2 aromatic rings. The largest absolute Gasteiger partial charge is 0.396 e. The fourth-order valence-corrected chi connectivity index (χ4v) is 3.75. The van der Waals surface area contributed by atoms with E-state index in [9.17, 15) is 9.90 Å². The molecule has 0 spiro atoms. The minimum absolute atomic E-state index is 0.0245. The number of carbonyl (C=O) groups is 1. The van der Waals surface area contributed by atoms with E-state index in [0.29, 0.717) is 12.1 Å². The summed E-state index contributed by atoms with van der Waals surface area (Å²) in [4.78, 5) is 14.9. The molecular weight excluding hydrogens is 306 g/mol. The zero-order valence-corrected chi connectivity index (χ0v) is 13.4. The molecule has 3 heterocycles. The number of ether oxygens (including phenoxy) is 1. The summed E-state index contributed by atoms with van der Waals surface area (Å²) in [6.45, 7) is 1.99. The Kier molecular flexibility index (Phi) is 4.08. The zero-order chi connectivity index (χ0) is 16.5. The maximum atomic E-state index is 13.1. The number of benzene rings is 1. The van der Waals surface area contributed by atoms with E-state index in [1.165, 1.54) is 0 Å². The van der Waals surface area contributed by atoms with E-state index >= 15 is 0 Å². The predicted molar refractivity (Wildman–Crippen MR) is 89.3 cm³/mol. The highest BCUT2D eigenvalue weighted by atomic mass is 16.5. The van der Waals surface area contributed by atoms with E-state index in [1.807, 2.05) is 24.3 Å². The Bertz CT molecular complexity index is 737. The fourth-order valence-electron chi connectivity index (χ4n) is 3.75. The van der Waals surface area contributed by atoms with Gasteiger partial charge in [-0.15, -0.1) is 0 Å². The molecule has 0 aliphatic carbocycles. The molecule has 24 heavy (non-hydrogen) atoms. The molecule has 1 fully saturated rings. The number of nitrogens with zero attached hydrogens (tertiary/aromatic N) is 2. The van der Waals surface area contributed by atoms with Gasteiger partial charge in [-0.25, -0.2) is 0 Å². The molecule has 4 rings (SSSR count). The van der Waals surface area contributed by atoms with Gasteiger partial charge in [0.2, 0.25) is 0 Å². The molecule has 2 aliphatic rings. The highest BCUT2D eigenvalue weighted by Gasteiger charge is 2.34. The monoisotopic (exact) mass is 327 g/mol. The zero-order valence-electron chi connectivity index (χ0n) is 13.4. The van der Waals surface area contributed by atoms with Crippen LogP contribution in [0.4, 0.5) is 5.69 Å². The van der Waals surface area contributed by atoms with Gasteiger partial charge in [0.05, 0.1) is 24.1 Å². The van der Waals surface area contributed by atoms with Crippen LogP contribution in [0.2, 0.25) is 0 Å². The Morgan fingerprint density at radius 1 is 1.33 bits per heavy atom. The Morgan fingerprint density at radius 3 is 2.92 bits per heavy atom. The first-order chi connectivity index (χ1) is 11.8. The van der Waals surface area contributed by atoms with Gasteiger partial charge in [0, 0.05) is 37.3 Å². The average molecular weight is 327 g/mol. The van der Waals surface area contributed by atoms with Crippen molar-refractivity contribution < 1.29 is 14.6 Å². The molecule has 2 N–H and O–H groups in total. The number of carbonyl (C=O) groups excluding carboxylic acids is 1. The third-order valence-electron chi connectivity index (χ3n) is 5.06. The van der Waals surface area contributed by atoms with Crippen molar-refractivity contribution in [3.05, 3.63) is 47.3 Å². The van der Waals surface area contributed by atoms with Crippen molar-refractivity contribution in [2.75, 3.05) is 31.3 Å². The van der Waals surface area contributed by atoms with Crippen molar-refractivity contribution in [1.82, 2.24) is 10.2 Å². The van der Waals surface area contributed by atoms with Crippen molar-refractivity contribution in [3.63, 3.8) is 0 Å². The summed E-state index contributed by atoms with van der Waals surface area (Å²) in [6.07, 6.45) is 3.43. The fraction of sp³-hybridized carbons (Fsp3) is 0.444. The van der Waals surface area contributed by atoms with Gasteiger partial charge < -0.3 is 14.7 Å². The van der Waals surface area contributed by atoms with Crippen LogP contribution >= 0.6 is 0 Å². The first kappa shape index (κ1) is 15.4. The van der Waals surface area contributed by atoms with Gasteiger partial charge >= 0.3 is 0 Å². The molecule has 1 saturated heterocycles. The quantitative estimate of drug-likeness (QED) is 0.904.